The molecule has 1 aliphatic heterocycles. The van der Waals surface area contributed by atoms with Crippen LogP contribution >= 0.6 is 0 Å². The van der Waals surface area contributed by atoms with Gasteiger partial charge in [0.05, 0.1) is 5.69 Å². The van der Waals surface area contributed by atoms with E-state index in [2.05, 4.69) is 5.32 Å². The molecule has 6 heteroatoms. The molecule has 1 aliphatic rings. The highest BCUT2D eigenvalue weighted by molar-refractivity contribution is 7.97. The zero-order valence-electron chi connectivity index (χ0n) is 17.4. The standard InChI is InChI=1S/C25H24N2O3S/c1-18(19-11-5-3-6-12-19)17-26-25(28)24-23(20-13-7-4-8-14-20)21-15-9-10-16-22(21)27(2)31(24,29)30/h3-16,18H,17H2,1-2H3,(H,26,28)/t18-/m1/s1. The number of carbonyl (C=O) groups is 1. The molecular weight excluding hydrogens is 408 g/mol. The van der Waals surface area contributed by atoms with Crippen molar-refractivity contribution < 1.29 is 13.2 Å². The lowest BCUT2D eigenvalue weighted by molar-refractivity contribution is -0.116. The summed E-state index contributed by atoms with van der Waals surface area (Å²) in [7, 11) is -2.54. The third kappa shape index (κ3) is 3.86. The highest BCUT2D eigenvalue weighted by Gasteiger charge is 2.39. The fraction of sp³-hybridized carbons (Fsp3) is 0.160. The van der Waals surface area contributed by atoms with Crippen LogP contribution in [0.3, 0.4) is 0 Å². The van der Waals surface area contributed by atoms with E-state index < -0.39 is 15.9 Å². The number of para-hydroxylation sites is 1. The van der Waals surface area contributed by atoms with Crippen LogP contribution < -0.4 is 9.62 Å². The second-order valence-electron chi connectivity index (χ2n) is 7.58. The molecule has 1 N–H and O–H groups in total. The third-order valence-electron chi connectivity index (χ3n) is 5.56. The van der Waals surface area contributed by atoms with Crippen LogP contribution in [0.4, 0.5) is 5.69 Å². The van der Waals surface area contributed by atoms with Gasteiger partial charge in [0.1, 0.15) is 0 Å². The molecule has 0 saturated heterocycles. The number of nitrogens with one attached hydrogen (secondary N) is 1. The van der Waals surface area contributed by atoms with Crippen LogP contribution in [-0.2, 0) is 14.8 Å². The summed E-state index contributed by atoms with van der Waals surface area (Å²) in [4.78, 5) is 13.1. The lowest BCUT2D eigenvalue weighted by Gasteiger charge is -2.31. The molecule has 0 radical (unpaired) electrons. The Morgan fingerprint density at radius 1 is 0.903 bits per heavy atom. The minimum atomic E-state index is -4.02. The van der Waals surface area contributed by atoms with Gasteiger partial charge in [0.15, 0.2) is 4.91 Å². The zero-order chi connectivity index (χ0) is 22.0. The molecule has 0 spiro atoms. The Bertz CT molecular complexity index is 1240. The van der Waals surface area contributed by atoms with E-state index in [0.29, 0.717) is 28.9 Å². The summed E-state index contributed by atoms with van der Waals surface area (Å²) in [6, 6.07) is 26.2. The Labute approximate surface area is 183 Å². The summed E-state index contributed by atoms with van der Waals surface area (Å²) in [5.41, 5.74) is 3.46. The SMILES string of the molecule is C[C@H](CNC(=O)C1=C(c2ccccc2)c2ccccc2N(C)S1(=O)=O)c1ccccc1. The molecule has 0 saturated carbocycles. The van der Waals surface area contributed by atoms with Gasteiger partial charge in [0.25, 0.3) is 15.9 Å². The molecule has 1 atom stereocenters. The Morgan fingerprint density at radius 3 is 2.16 bits per heavy atom. The monoisotopic (exact) mass is 432 g/mol. The van der Waals surface area contributed by atoms with Crippen molar-refractivity contribution in [2.24, 2.45) is 0 Å². The summed E-state index contributed by atoms with van der Waals surface area (Å²) >= 11 is 0. The molecular formula is C25H24N2O3S. The van der Waals surface area contributed by atoms with E-state index >= 15 is 0 Å². The van der Waals surface area contributed by atoms with Gasteiger partial charge in [-0.3, -0.25) is 9.10 Å². The lowest BCUT2D eigenvalue weighted by Crippen LogP contribution is -2.40. The first-order chi connectivity index (χ1) is 14.9. The Kier molecular flexibility index (Phi) is 5.65. The molecule has 0 aliphatic carbocycles. The predicted molar refractivity (Wildman–Crippen MR) is 124 cm³/mol. The van der Waals surface area contributed by atoms with Gasteiger partial charge in [-0.1, -0.05) is 85.8 Å². The quantitative estimate of drug-likeness (QED) is 0.659. The van der Waals surface area contributed by atoms with Crippen molar-refractivity contribution in [2.75, 3.05) is 17.9 Å². The second kappa shape index (κ2) is 8.40. The van der Waals surface area contributed by atoms with Gasteiger partial charge in [-0.2, -0.15) is 0 Å². The summed E-state index contributed by atoms with van der Waals surface area (Å²) in [6.07, 6.45) is 0. The van der Waals surface area contributed by atoms with E-state index in [9.17, 15) is 13.2 Å². The van der Waals surface area contributed by atoms with Crippen LogP contribution in [0.15, 0.2) is 89.8 Å². The number of hydrogen-bond acceptors (Lipinski definition) is 3. The maximum atomic E-state index is 13.4. The first kappa shape index (κ1) is 20.9. The molecule has 3 aromatic rings. The van der Waals surface area contributed by atoms with Crippen molar-refractivity contribution in [1.29, 1.82) is 0 Å². The van der Waals surface area contributed by atoms with E-state index in [1.54, 1.807) is 12.1 Å². The van der Waals surface area contributed by atoms with Crippen LogP contribution in [0.25, 0.3) is 5.57 Å². The largest absolute Gasteiger partial charge is 0.351 e. The lowest BCUT2D eigenvalue weighted by atomic mass is 9.95. The van der Waals surface area contributed by atoms with Crippen molar-refractivity contribution in [3.05, 3.63) is 107 Å². The van der Waals surface area contributed by atoms with E-state index in [1.807, 2.05) is 79.7 Å². The van der Waals surface area contributed by atoms with E-state index in [-0.39, 0.29) is 10.8 Å². The Morgan fingerprint density at radius 2 is 1.48 bits per heavy atom. The molecule has 0 aromatic heterocycles. The predicted octanol–water partition coefficient (Wildman–Crippen LogP) is 4.15. The van der Waals surface area contributed by atoms with Crippen molar-refractivity contribution in [3.63, 3.8) is 0 Å². The smallest absolute Gasteiger partial charge is 0.270 e. The van der Waals surface area contributed by atoms with Crippen LogP contribution in [-0.4, -0.2) is 27.9 Å². The summed E-state index contributed by atoms with van der Waals surface area (Å²) < 4.78 is 28.0. The summed E-state index contributed by atoms with van der Waals surface area (Å²) in [6.45, 7) is 2.33. The van der Waals surface area contributed by atoms with Crippen LogP contribution in [0.5, 0.6) is 0 Å². The van der Waals surface area contributed by atoms with Gasteiger partial charge in [0, 0.05) is 24.7 Å². The number of nitrogens with zero attached hydrogens (tertiary/aromatic N) is 1. The average molecular weight is 433 g/mol. The number of benzene rings is 3. The van der Waals surface area contributed by atoms with E-state index in [1.165, 1.54) is 11.4 Å². The summed E-state index contributed by atoms with van der Waals surface area (Å²) in [5, 5.41) is 2.85. The number of carbonyl (C=O) groups excluding carboxylic acids is 1. The topological polar surface area (TPSA) is 66.5 Å². The second-order valence-corrected chi connectivity index (χ2v) is 9.49. The van der Waals surface area contributed by atoms with Gasteiger partial charge >= 0.3 is 0 Å². The van der Waals surface area contributed by atoms with Gasteiger partial charge in [-0.15, -0.1) is 0 Å². The first-order valence-electron chi connectivity index (χ1n) is 10.1. The van der Waals surface area contributed by atoms with Gasteiger partial charge in [0.2, 0.25) is 0 Å². The number of sulfonamides is 1. The number of hydrogen-bond donors (Lipinski definition) is 1. The van der Waals surface area contributed by atoms with Gasteiger partial charge in [-0.05, 0) is 23.1 Å². The van der Waals surface area contributed by atoms with Crippen LogP contribution in [0, 0.1) is 0 Å². The number of anilines is 1. The first-order valence-corrected chi connectivity index (χ1v) is 11.6. The van der Waals surface area contributed by atoms with Crippen molar-refractivity contribution in [3.8, 4) is 0 Å². The number of fused-ring (bicyclic) bond motifs is 1. The van der Waals surface area contributed by atoms with Gasteiger partial charge < -0.3 is 5.32 Å². The van der Waals surface area contributed by atoms with Crippen molar-refractivity contribution in [2.45, 2.75) is 12.8 Å². The maximum Gasteiger partial charge on any atom is 0.270 e. The highest BCUT2D eigenvalue weighted by Crippen LogP contribution is 2.41. The number of amides is 1. The summed E-state index contributed by atoms with van der Waals surface area (Å²) in [5.74, 6) is -0.551. The molecule has 4 rings (SSSR count). The fourth-order valence-corrected chi connectivity index (χ4v) is 5.31. The minimum absolute atomic E-state index is 0.0437. The fourth-order valence-electron chi connectivity index (χ4n) is 3.82. The van der Waals surface area contributed by atoms with Crippen LogP contribution in [0.1, 0.15) is 29.5 Å². The third-order valence-corrected chi connectivity index (χ3v) is 7.39. The minimum Gasteiger partial charge on any atom is -0.351 e. The highest BCUT2D eigenvalue weighted by atomic mass is 32.2. The number of rotatable bonds is 5. The molecule has 0 unspecified atom stereocenters. The average Bonchev–Trinajstić information content (AvgIpc) is 2.80. The molecule has 0 bridgehead atoms. The van der Waals surface area contributed by atoms with E-state index in [4.69, 9.17) is 0 Å². The Hall–Kier alpha value is -3.38. The molecule has 1 amide bonds. The molecule has 0 fully saturated rings. The molecule has 3 aromatic carbocycles. The normalized spacial score (nSPS) is 15.9. The van der Waals surface area contributed by atoms with Crippen molar-refractivity contribution >= 4 is 27.2 Å². The van der Waals surface area contributed by atoms with Crippen LogP contribution in [0.2, 0.25) is 0 Å². The molecule has 1 heterocycles. The van der Waals surface area contributed by atoms with E-state index in [0.717, 1.165) is 5.56 Å². The zero-order valence-corrected chi connectivity index (χ0v) is 18.3. The van der Waals surface area contributed by atoms with Crippen molar-refractivity contribution in [1.82, 2.24) is 5.32 Å². The maximum absolute atomic E-state index is 13.4. The molecule has 158 valence electrons. The molecule has 5 nitrogen and oxygen atoms in total. The molecule has 31 heavy (non-hydrogen) atoms. The van der Waals surface area contributed by atoms with Gasteiger partial charge in [-0.25, -0.2) is 8.42 Å². The Balaban J connectivity index is 1.79.